The van der Waals surface area contributed by atoms with Crippen LogP contribution in [0, 0.1) is 0 Å². The van der Waals surface area contributed by atoms with E-state index in [1.54, 1.807) is 6.92 Å². The van der Waals surface area contributed by atoms with Crippen molar-refractivity contribution in [2.45, 2.75) is 6.92 Å². The molecule has 0 unspecified atom stereocenters. The summed E-state index contributed by atoms with van der Waals surface area (Å²) in [6.07, 6.45) is 20.1. The summed E-state index contributed by atoms with van der Waals surface area (Å²) in [7, 11) is -8.09. The summed E-state index contributed by atoms with van der Waals surface area (Å²) in [4.78, 5) is -0.654. The second-order valence-corrected chi connectivity index (χ2v) is 11.6. The Hall–Kier alpha value is -4.86. The first kappa shape index (κ1) is 38.1. The quantitative estimate of drug-likeness (QED) is 0.108. The van der Waals surface area contributed by atoms with Gasteiger partial charge in [0, 0.05) is 0 Å². The lowest BCUT2D eigenvalue weighted by Gasteiger charge is -2.08. The van der Waals surface area contributed by atoms with Crippen LogP contribution in [0.15, 0.2) is 193 Å². The number of aliphatic hydroxyl groups excluding tert-OH is 1. The van der Waals surface area contributed by atoms with Crippen molar-refractivity contribution in [3.8, 4) is 0 Å². The van der Waals surface area contributed by atoms with Crippen molar-refractivity contribution in [2.75, 3.05) is 6.61 Å². The minimum Gasteiger partial charge on any atom is -0.508 e. The van der Waals surface area contributed by atoms with Gasteiger partial charge in [0.15, 0.2) is 0 Å². The van der Waals surface area contributed by atoms with Crippen LogP contribution < -0.4 is 0 Å². The second kappa shape index (κ2) is 19.3. The third kappa shape index (κ3) is 11.9. The van der Waals surface area contributed by atoms with Crippen LogP contribution in [0.1, 0.15) is 6.92 Å². The first-order valence-electron chi connectivity index (χ1n) is 12.5. The third-order valence-electron chi connectivity index (χ3n) is 5.06. The summed E-state index contributed by atoms with van der Waals surface area (Å²) in [5, 5.41) is 9.55. The van der Waals surface area contributed by atoms with Crippen LogP contribution in [-0.2, 0) is 29.1 Å². The van der Waals surface area contributed by atoms with Gasteiger partial charge in [0.1, 0.15) is 23.0 Å². The van der Waals surface area contributed by atoms with Crippen LogP contribution in [0.2, 0.25) is 0 Å². The normalized spacial score (nSPS) is 14.7. The summed E-state index contributed by atoms with van der Waals surface area (Å²) in [6.45, 7) is 30.8. The molecule has 0 aliphatic carbocycles. The van der Waals surface area contributed by atoms with E-state index in [-0.39, 0.29) is 36.9 Å². The molecule has 0 saturated heterocycles. The predicted molar refractivity (Wildman–Crippen MR) is 179 cm³/mol. The molecular weight excluding hydrogens is 585 g/mol. The fraction of sp³-hybridized carbons (Fsp3) is 0.0588. The smallest absolute Gasteiger partial charge is 0.206 e. The average Bonchev–Trinajstić information content (AvgIpc) is 2.99. The molecule has 0 aliphatic rings. The Morgan fingerprint density at radius 1 is 0.512 bits per heavy atom. The lowest BCUT2D eigenvalue weighted by Crippen LogP contribution is -2.04. The highest BCUT2D eigenvalue weighted by molar-refractivity contribution is 7.99. The van der Waals surface area contributed by atoms with Crippen LogP contribution in [0.25, 0.3) is 0 Å². The summed E-state index contributed by atoms with van der Waals surface area (Å²) < 4.78 is 63.6. The largest absolute Gasteiger partial charge is 0.508 e. The van der Waals surface area contributed by atoms with Crippen LogP contribution in [0.4, 0.5) is 0 Å². The molecule has 0 aromatic carbocycles. The van der Waals surface area contributed by atoms with Crippen molar-refractivity contribution < 1.29 is 31.4 Å². The van der Waals surface area contributed by atoms with Gasteiger partial charge < -0.3 is 14.6 Å². The number of rotatable bonds is 20. The zero-order chi connectivity index (χ0) is 33.1. The SMILES string of the molecule is C=C/C(O)=C\C=C(/C=C)S(=O)(=O)/C(C=C)=C/C=C(\C=C)O/C(C=C)=C/C=C(\C=C)S(=O)(=O)/C(C=C)=C/C=C(\C=C)OCC. The van der Waals surface area contributed by atoms with Gasteiger partial charge in [-0.1, -0.05) is 76.9 Å². The lowest BCUT2D eigenvalue weighted by atomic mass is 10.3. The highest BCUT2D eigenvalue weighted by Gasteiger charge is 2.19. The minimum absolute atomic E-state index is 0.106. The predicted octanol–water partition coefficient (Wildman–Crippen LogP) is 7.99. The Balaban J connectivity index is 6.56. The molecule has 0 fully saturated rings. The Morgan fingerprint density at radius 3 is 1.12 bits per heavy atom. The Morgan fingerprint density at radius 2 is 0.837 bits per heavy atom. The zero-order valence-electron chi connectivity index (χ0n) is 24.3. The molecule has 1 N–H and O–H groups in total. The number of aliphatic hydroxyl groups is 1. The first-order valence-corrected chi connectivity index (χ1v) is 15.5. The summed E-state index contributed by atoms with van der Waals surface area (Å²) in [5.41, 5.74) is 0. The van der Waals surface area contributed by atoms with Gasteiger partial charge >= 0.3 is 0 Å². The molecule has 0 bridgehead atoms. The van der Waals surface area contributed by atoms with Gasteiger partial charge in [0.25, 0.3) is 0 Å². The van der Waals surface area contributed by atoms with E-state index in [1.807, 2.05) is 0 Å². The number of ether oxygens (including phenoxy) is 2. The van der Waals surface area contributed by atoms with Gasteiger partial charge in [0.2, 0.25) is 19.7 Å². The fourth-order valence-corrected chi connectivity index (χ4v) is 5.25. The maximum atomic E-state index is 13.2. The molecular formula is C34H38O7S2. The van der Waals surface area contributed by atoms with E-state index < -0.39 is 19.7 Å². The molecule has 9 heteroatoms. The van der Waals surface area contributed by atoms with Gasteiger partial charge in [-0.15, -0.1) is 0 Å². The number of hydrogen-bond acceptors (Lipinski definition) is 7. The average molecular weight is 623 g/mol. The summed E-state index contributed by atoms with van der Waals surface area (Å²) in [5.74, 6) is 0.371. The maximum Gasteiger partial charge on any atom is 0.206 e. The molecule has 228 valence electrons. The number of allylic oxidation sites excluding steroid dienone is 16. The first-order chi connectivity index (χ1) is 20.4. The van der Waals surface area contributed by atoms with Gasteiger partial charge in [-0.25, -0.2) is 16.8 Å². The third-order valence-corrected chi connectivity index (χ3v) is 8.75. The van der Waals surface area contributed by atoms with Crippen molar-refractivity contribution in [1.29, 1.82) is 0 Å². The molecule has 0 amide bonds. The highest BCUT2D eigenvalue weighted by Crippen LogP contribution is 2.23. The van der Waals surface area contributed by atoms with Crippen molar-refractivity contribution in [3.05, 3.63) is 193 Å². The minimum atomic E-state index is -4.06. The maximum absolute atomic E-state index is 13.2. The van der Waals surface area contributed by atoms with E-state index >= 15 is 0 Å². The highest BCUT2D eigenvalue weighted by atomic mass is 32.2. The van der Waals surface area contributed by atoms with Gasteiger partial charge in [-0.3, -0.25) is 0 Å². The van der Waals surface area contributed by atoms with Crippen molar-refractivity contribution in [1.82, 2.24) is 0 Å². The van der Waals surface area contributed by atoms with Gasteiger partial charge in [-0.2, -0.15) is 0 Å². The summed E-state index contributed by atoms with van der Waals surface area (Å²) in [6, 6.07) is 0. The number of sulfone groups is 2. The van der Waals surface area contributed by atoms with E-state index in [4.69, 9.17) is 9.47 Å². The molecule has 43 heavy (non-hydrogen) atoms. The number of hydrogen-bond donors (Lipinski definition) is 1. The molecule has 0 atom stereocenters. The lowest BCUT2D eigenvalue weighted by molar-refractivity contribution is 0.243. The molecule has 0 aromatic heterocycles. The van der Waals surface area contributed by atoms with E-state index in [0.29, 0.717) is 12.4 Å². The van der Waals surface area contributed by atoms with Crippen LogP contribution in [-0.4, -0.2) is 28.5 Å². The van der Waals surface area contributed by atoms with Crippen molar-refractivity contribution in [2.24, 2.45) is 0 Å². The molecule has 7 nitrogen and oxygen atoms in total. The van der Waals surface area contributed by atoms with E-state index in [2.05, 4.69) is 52.6 Å². The van der Waals surface area contributed by atoms with E-state index in [9.17, 15) is 21.9 Å². The Bertz CT molecular complexity index is 1600. The molecule has 0 saturated carbocycles. The van der Waals surface area contributed by atoms with Gasteiger partial charge in [0.05, 0.1) is 26.2 Å². The zero-order valence-corrected chi connectivity index (χ0v) is 25.9. The molecule has 0 aromatic rings. The Kier molecular flexibility index (Phi) is 17.1. The Labute approximate surface area is 256 Å². The topological polar surface area (TPSA) is 107 Å². The molecule has 0 heterocycles. The van der Waals surface area contributed by atoms with Crippen molar-refractivity contribution >= 4 is 19.7 Å². The molecule has 0 radical (unpaired) electrons. The van der Waals surface area contributed by atoms with Crippen LogP contribution in [0.5, 0.6) is 0 Å². The monoisotopic (exact) mass is 622 g/mol. The van der Waals surface area contributed by atoms with E-state index in [1.165, 1.54) is 66.8 Å². The fourth-order valence-electron chi connectivity index (χ4n) is 2.84. The molecule has 0 spiro atoms. The second-order valence-electron chi connectivity index (χ2n) is 7.75. The van der Waals surface area contributed by atoms with E-state index in [0.717, 1.165) is 30.4 Å². The molecule has 0 rings (SSSR count). The summed E-state index contributed by atoms with van der Waals surface area (Å²) >= 11 is 0. The standard InChI is InChI=1S/C34H38O7S2/c1-10-27(35)19-23-31(14-5)42(36,37)33(16-7)25-21-29(12-3)41-30(13-4)22-26-34(17-8)43(38,39)32(15-6)24-20-28(11-2)40-18-9/h10-17,19-26,35H,1-8,18H2,9H3/b27-19+,28-20+,29-21+,30-22+,31-23+,32-24+,33-25+,34-26+. The molecule has 0 aliphatic heterocycles. The van der Waals surface area contributed by atoms with Gasteiger partial charge in [-0.05, 0) is 79.8 Å². The van der Waals surface area contributed by atoms with Crippen LogP contribution >= 0.6 is 0 Å². The van der Waals surface area contributed by atoms with Crippen molar-refractivity contribution in [3.63, 3.8) is 0 Å². The van der Waals surface area contributed by atoms with Crippen LogP contribution in [0.3, 0.4) is 0 Å².